The minimum atomic E-state index is 0.429. The van der Waals surface area contributed by atoms with Crippen molar-refractivity contribution in [2.75, 3.05) is 20.1 Å². The van der Waals surface area contributed by atoms with Gasteiger partial charge in [-0.15, -0.1) is 0 Å². The second kappa shape index (κ2) is 5.57. The number of benzene rings is 1. The summed E-state index contributed by atoms with van der Waals surface area (Å²) in [5, 5.41) is 3.16. The molecule has 0 aromatic heterocycles. The fourth-order valence-corrected chi connectivity index (χ4v) is 2.20. The van der Waals surface area contributed by atoms with Gasteiger partial charge in [-0.1, -0.05) is 18.2 Å². The van der Waals surface area contributed by atoms with E-state index in [1.807, 2.05) is 7.05 Å². The number of halogens is 1. The van der Waals surface area contributed by atoms with Crippen LogP contribution in [0.3, 0.4) is 0 Å². The minimum absolute atomic E-state index is 0.429. The summed E-state index contributed by atoms with van der Waals surface area (Å²) in [5.41, 5.74) is 7.06. The summed E-state index contributed by atoms with van der Waals surface area (Å²) in [6, 6.07) is 8.39. The summed E-state index contributed by atoms with van der Waals surface area (Å²) >= 11 is 2.36. The number of rotatable bonds is 4. The maximum absolute atomic E-state index is 5.72. The summed E-state index contributed by atoms with van der Waals surface area (Å²) in [5.74, 6) is 0.429. The van der Waals surface area contributed by atoms with Crippen LogP contribution in [-0.4, -0.2) is 20.1 Å². The van der Waals surface area contributed by atoms with Crippen molar-refractivity contribution in [3.05, 3.63) is 33.4 Å². The summed E-state index contributed by atoms with van der Waals surface area (Å²) in [6.07, 6.45) is 0. The van der Waals surface area contributed by atoms with Gasteiger partial charge in [-0.05, 0) is 41.3 Å². The Morgan fingerprint density at radius 1 is 1.46 bits per heavy atom. The van der Waals surface area contributed by atoms with Gasteiger partial charge in [0, 0.05) is 22.6 Å². The largest absolute Gasteiger partial charge is 0.330 e. The van der Waals surface area contributed by atoms with Crippen LogP contribution in [0.4, 0.5) is 0 Å². The van der Waals surface area contributed by atoms with Crippen LogP contribution in [0.15, 0.2) is 24.3 Å². The van der Waals surface area contributed by atoms with Crippen molar-refractivity contribution < 1.29 is 0 Å². The molecule has 72 valence electrons. The molecule has 3 heteroatoms. The third-order valence-electron chi connectivity index (χ3n) is 2.08. The molecule has 0 bridgehead atoms. The van der Waals surface area contributed by atoms with E-state index >= 15 is 0 Å². The summed E-state index contributed by atoms with van der Waals surface area (Å²) < 4.78 is 1.30. The molecule has 0 saturated carbocycles. The van der Waals surface area contributed by atoms with Gasteiger partial charge >= 0.3 is 0 Å². The summed E-state index contributed by atoms with van der Waals surface area (Å²) in [6.45, 7) is 1.64. The molecule has 0 spiro atoms. The van der Waals surface area contributed by atoms with Crippen LogP contribution in [0.25, 0.3) is 0 Å². The van der Waals surface area contributed by atoms with Gasteiger partial charge < -0.3 is 11.1 Å². The van der Waals surface area contributed by atoms with Gasteiger partial charge in [-0.25, -0.2) is 0 Å². The van der Waals surface area contributed by atoms with Crippen molar-refractivity contribution in [2.45, 2.75) is 5.92 Å². The van der Waals surface area contributed by atoms with Gasteiger partial charge in [0.1, 0.15) is 0 Å². The molecular formula is C10H15IN2. The van der Waals surface area contributed by atoms with Crippen LogP contribution in [0.1, 0.15) is 11.5 Å². The third kappa shape index (κ3) is 2.93. The molecule has 0 saturated heterocycles. The zero-order valence-electron chi connectivity index (χ0n) is 7.76. The van der Waals surface area contributed by atoms with E-state index in [9.17, 15) is 0 Å². The van der Waals surface area contributed by atoms with E-state index in [4.69, 9.17) is 5.73 Å². The Kier molecular flexibility index (Phi) is 4.69. The van der Waals surface area contributed by atoms with E-state index in [-0.39, 0.29) is 0 Å². The zero-order valence-corrected chi connectivity index (χ0v) is 9.91. The fourth-order valence-electron chi connectivity index (χ4n) is 1.37. The number of nitrogens with two attached hydrogens (primary N) is 1. The molecule has 1 aromatic rings. The second-order valence-corrected chi connectivity index (χ2v) is 4.17. The van der Waals surface area contributed by atoms with Gasteiger partial charge in [0.2, 0.25) is 0 Å². The van der Waals surface area contributed by atoms with Gasteiger partial charge in [-0.2, -0.15) is 0 Å². The topological polar surface area (TPSA) is 38.0 Å². The van der Waals surface area contributed by atoms with E-state index in [0.717, 1.165) is 6.54 Å². The normalized spacial score (nSPS) is 12.8. The molecule has 0 aliphatic heterocycles. The van der Waals surface area contributed by atoms with E-state index in [1.54, 1.807) is 0 Å². The van der Waals surface area contributed by atoms with Crippen molar-refractivity contribution in [1.82, 2.24) is 5.32 Å². The Balaban J connectivity index is 2.84. The van der Waals surface area contributed by atoms with Crippen LogP contribution >= 0.6 is 22.6 Å². The molecule has 0 fully saturated rings. The second-order valence-electron chi connectivity index (χ2n) is 3.01. The average molecular weight is 290 g/mol. The SMILES string of the molecule is CNCC(CN)c1ccccc1I. The maximum Gasteiger partial charge on any atom is 0.0166 e. The predicted octanol–water partition coefficient (Wildman–Crippen LogP) is 1.55. The highest BCUT2D eigenvalue weighted by Crippen LogP contribution is 2.20. The highest BCUT2D eigenvalue weighted by Gasteiger charge is 2.10. The highest BCUT2D eigenvalue weighted by molar-refractivity contribution is 14.1. The molecule has 3 N–H and O–H groups in total. The average Bonchev–Trinajstić information content (AvgIpc) is 2.16. The molecule has 0 heterocycles. The predicted molar refractivity (Wildman–Crippen MR) is 64.9 cm³/mol. The van der Waals surface area contributed by atoms with Crippen molar-refractivity contribution >= 4 is 22.6 Å². The fraction of sp³-hybridized carbons (Fsp3) is 0.400. The Hall–Kier alpha value is -0.130. The maximum atomic E-state index is 5.72. The van der Waals surface area contributed by atoms with Crippen molar-refractivity contribution in [1.29, 1.82) is 0 Å². The molecule has 1 aromatic carbocycles. The number of nitrogens with one attached hydrogen (secondary N) is 1. The standard InChI is InChI=1S/C10H15IN2/c1-13-7-8(6-12)9-4-2-3-5-10(9)11/h2-5,8,13H,6-7,12H2,1H3. The first kappa shape index (κ1) is 10.9. The van der Waals surface area contributed by atoms with Gasteiger partial charge in [0.15, 0.2) is 0 Å². The van der Waals surface area contributed by atoms with Gasteiger partial charge in [0.05, 0.1) is 0 Å². The Morgan fingerprint density at radius 3 is 2.69 bits per heavy atom. The lowest BCUT2D eigenvalue weighted by Gasteiger charge is -2.15. The molecule has 0 amide bonds. The molecule has 1 unspecified atom stereocenters. The van der Waals surface area contributed by atoms with E-state index in [1.165, 1.54) is 9.13 Å². The summed E-state index contributed by atoms with van der Waals surface area (Å²) in [7, 11) is 1.96. The van der Waals surface area contributed by atoms with Crippen LogP contribution in [0, 0.1) is 3.57 Å². The van der Waals surface area contributed by atoms with Crippen LogP contribution in [0.5, 0.6) is 0 Å². The number of hydrogen-bond acceptors (Lipinski definition) is 2. The molecule has 0 aliphatic carbocycles. The lowest BCUT2D eigenvalue weighted by Crippen LogP contribution is -2.24. The van der Waals surface area contributed by atoms with Crippen molar-refractivity contribution in [2.24, 2.45) is 5.73 Å². The molecule has 13 heavy (non-hydrogen) atoms. The molecule has 2 nitrogen and oxygen atoms in total. The zero-order chi connectivity index (χ0) is 9.68. The Labute approximate surface area is 93.0 Å². The first-order chi connectivity index (χ1) is 6.29. The monoisotopic (exact) mass is 290 g/mol. The quantitative estimate of drug-likeness (QED) is 0.826. The molecule has 0 aliphatic rings. The third-order valence-corrected chi connectivity index (χ3v) is 3.06. The lowest BCUT2D eigenvalue weighted by molar-refractivity contribution is 0.635. The number of hydrogen-bond donors (Lipinski definition) is 2. The first-order valence-electron chi connectivity index (χ1n) is 4.38. The Morgan fingerprint density at radius 2 is 2.15 bits per heavy atom. The Bertz CT molecular complexity index is 263. The van der Waals surface area contributed by atoms with Crippen LogP contribution in [0.2, 0.25) is 0 Å². The van der Waals surface area contributed by atoms with Crippen LogP contribution in [-0.2, 0) is 0 Å². The smallest absolute Gasteiger partial charge is 0.0166 e. The van der Waals surface area contributed by atoms with E-state index in [2.05, 4.69) is 52.2 Å². The lowest BCUT2D eigenvalue weighted by atomic mass is 9.99. The van der Waals surface area contributed by atoms with Crippen molar-refractivity contribution in [3.8, 4) is 0 Å². The minimum Gasteiger partial charge on any atom is -0.330 e. The van der Waals surface area contributed by atoms with Crippen molar-refractivity contribution in [3.63, 3.8) is 0 Å². The van der Waals surface area contributed by atoms with E-state index in [0.29, 0.717) is 12.5 Å². The van der Waals surface area contributed by atoms with Crippen LogP contribution < -0.4 is 11.1 Å². The van der Waals surface area contributed by atoms with Gasteiger partial charge in [0.25, 0.3) is 0 Å². The highest BCUT2D eigenvalue weighted by atomic mass is 127. The summed E-state index contributed by atoms with van der Waals surface area (Å²) in [4.78, 5) is 0. The van der Waals surface area contributed by atoms with Gasteiger partial charge in [-0.3, -0.25) is 0 Å². The van der Waals surface area contributed by atoms with E-state index < -0.39 is 0 Å². The first-order valence-corrected chi connectivity index (χ1v) is 5.46. The molecule has 1 rings (SSSR count). The molecule has 0 radical (unpaired) electrons. The number of likely N-dealkylation sites (N-methyl/N-ethyl adjacent to an activating group) is 1. The molecule has 1 atom stereocenters. The molecular weight excluding hydrogens is 275 g/mol.